The Morgan fingerprint density at radius 3 is 2.71 bits per heavy atom. The molecule has 1 saturated heterocycles. The van der Waals surface area contributed by atoms with Gasteiger partial charge in [0.25, 0.3) is 11.1 Å². The molecule has 2 aromatic rings. The summed E-state index contributed by atoms with van der Waals surface area (Å²) in [6.45, 7) is 9.49. The van der Waals surface area contributed by atoms with Gasteiger partial charge in [-0.15, -0.1) is 0 Å². The van der Waals surface area contributed by atoms with E-state index >= 15 is 0 Å². The van der Waals surface area contributed by atoms with E-state index in [0.717, 1.165) is 35.2 Å². The first-order chi connectivity index (χ1) is 16.1. The van der Waals surface area contributed by atoms with Gasteiger partial charge in [-0.25, -0.2) is 0 Å². The zero-order valence-corrected chi connectivity index (χ0v) is 21.3. The number of nitrogens with zero attached hydrogens (tertiary/aromatic N) is 2. The van der Waals surface area contributed by atoms with E-state index in [1.165, 1.54) is 11.3 Å². The Hall–Kier alpha value is -2.77. The molecule has 34 heavy (non-hydrogen) atoms. The molecular formula is C26H28ClN3O3S. The van der Waals surface area contributed by atoms with Crippen LogP contribution in [-0.2, 0) is 9.59 Å². The van der Waals surface area contributed by atoms with E-state index in [1.807, 2.05) is 6.07 Å². The normalized spacial score (nSPS) is 20.6. The van der Waals surface area contributed by atoms with E-state index < -0.39 is 17.1 Å². The molecule has 1 atom stereocenters. The van der Waals surface area contributed by atoms with Gasteiger partial charge in [0, 0.05) is 28.5 Å². The molecule has 2 aliphatic rings. The molecular weight excluding hydrogens is 470 g/mol. The minimum absolute atomic E-state index is 0.0804. The number of carbonyl (C=O) groups is 3. The summed E-state index contributed by atoms with van der Waals surface area (Å²) >= 11 is 6.80. The molecule has 0 aliphatic carbocycles. The molecule has 0 aromatic heterocycles. The van der Waals surface area contributed by atoms with Crippen LogP contribution in [0.25, 0.3) is 6.08 Å². The Morgan fingerprint density at radius 1 is 1.24 bits per heavy atom. The lowest BCUT2D eigenvalue weighted by Crippen LogP contribution is -2.48. The molecule has 178 valence electrons. The van der Waals surface area contributed by atoms with Gasteiger partial charge in [-0.1, -0.05) is 30.7 Å². The predicted molar refractivity (Wildman–Crippen MR) is 139 cm³/mol. The minimum atomic E-state index is -0.462. The number of anilines is 2. The fourth-order valence-electron chi connectivity index (χ4n) is 4.90. The van der Waals surface area contributed by atoms with Crippen LogP contribution in [0.5, 0.6) is 0 Å². The lowest BCUT2D eigenvalue weighted by molar-refractivity contribution is -0.127. The lowest BCUT2D eigenvalue weighted by atomic mass is 9.79. The van der Waals surface area contributed by atoms with E-state index in [-0.39, 0.29) is 12.1 Å². The van der Waals surface area contributed by atoms with Gasteiger partial charge in [0.15, 0.2) is 0 Å². The van der Waals surface area contributed by atoms with Crippen molar-refractivity contribution in [2.45, 2.75) is 45.6 Å². The highest BCUT2D eigenvalue weighted by Crippen LogP contribution is 2.44. The number of hydrogen-bond donors (Lipinski definition) is 1. The SMILES string of the molecule is CCN1c2ccc(/C=C3/SC(=O)N(CC(=O)Nc4cccc(Cl)c4)C3=O)cc2C(C)CC1(C)C. The van der Waals surface area contributed by atoms with Crippen LogP contribution >= 0.6 is 23.4 Å². The van der Waals surface area contributed by atoms with Gasteiger partial charge in [-0.3, -0.25) is 19.3 Å². The summed E-state index contributed by atoms with van der Waals surface area (Å²) in [6.07, 6.45) is 2.78. The number of halogens is 1. The fraction of sp³-hybridized carbons (Fsp3) is 0.346. The molecule has 1 unspecified atom stereocenters. The average molecular weight is 498 g/mol. The van der Waals surface area contributed by atoms with Crippen LogP contribution in [0.4, 0.5) is 16.2 Å². The third-order valence-corrected chi connectivity index (χ3v) is 7.45. The van der Waals surface area contributed by atoms with Crippen molar-refractivity contribution in [1.29, 1.82) is 0 Å². The molecule has 2 heterocycles. The second kappa shape index (κ2) is 9.47. The topological polar surface area (TPSA) is 69.7 Å². The maximum atomic E-state index is 12.9. The Morgan fingerprint density at radius 2 is 2.00 bits per heavy atom. The van der Waals surface area contributed by atoms with Crippen LogP contribution in [0.3, 0.4) is 0 Å². The zero-order valence-electron chi connectivity index (χ0n) is 19.7. The van der Waals surface area contributed by atoms with Crippen molar-refractivity contribution < 1.29 is 14.4 Å². The molecule has 0 spiro atoms. The maximum absolute atomic E-state index is 12.9. The average Bonchev–Trinajstić information content (AvgIpc) is 3.01. The van der Waals surface area contributed by atoms with E-state index in [1.54, 1.807) is 30.3 Å². The van der Waals surface area contributed by atoms with Gasteiger partial charge >= 0.3 is 0 Å². The Labute approximate surface area is 209 Å². The van der Waals surface area contributed by atoms with Crippen molar-refractivity contribution in [3.63, 3.8) is 0 Å². The molecule has 0 saturated carbocycles. The first-order valence-corrected chi connectivity index (χ1v) is 12.5. The third kappa shape index (κ3) is 4.86. The molecule has 1 N–H and O–H groups in total. The van der Waals surface area contributed by atoms with E-state index in [9.17, 15) is 14.4 Å². The highest BCUT2D eigenvalue weighted by Gasteiger charge is 2.37. The summed E-state index contributed by atoms with van der Waals surface area (Å²) in [7, 11) is 0. The van der Waals surface area contributed by atoms with Crippen molar-refractivity contribution in [2.24, 2.45) is 0 Å². The molecule has 0 bridgehead atoms. The summed E-state index contributed by atoms with van der Waals surface area (Å²) < 4.78 is 0. The smallest absolute Gasteiger partial charge is 0.294 e. The Kier molecular flexibility index (Phi) is 6.78. The highest BCUT2D eigenvalue weighted by atomic mass is 35.5. The molecule has 0 radical (unpaired) electrons. The third-order valence-electron chi connectivity index (χ3n) is 6.31. The largest absolute Gasteiger partial charge is 0.366 e. The van der Waals surface area contributed by atoms with Crippen molar-refractivity contribution >= 4 is 57.9 Å². The molecule has 2 aromatic carbocycles. The molecule has 3 amide bonds. The standard InChI is InChI=1S/C26H28ClN3O3S/c1-5-30-21-10-9-17(11-20(21)16(2)14-26(30,3)4)12-22-24(32)29(25(33)34-22)15-23(31)28-19-8-6-7-18(27)13-19/h6-13,16H,5,14-15H2,1-4H3,(H,28,31)/b22-12+. The van der Waals surface area contributed by atoms with Gasteiger partial charge in [0.1, 0.15) is 6.54 Å². The first-order valence-electron chi connectivity index (χ1n) is 11.3. The van der Waals surface area contributed by atoms with Crippen LogP contribution in [-0.4, -0.2) is 40.6 Å². The van der Waals surface area contributed by atoms with Crippen LogP contribution in [0.1, 0.15) is 51.2 Å². The summed E-state index contributed by atoms with van der Waals surface area (Å²) in [5.41, 5.74) is 3.92. The summed E-state index contributed by atoms with van der Waals surface area (Å²) in [5.74, 6) is -0.541. The van der Waals surface area contributed by atoms with Gasteiger partial charge < -0.3 is 10.2 Å². The molecule has 2 aliphatic heterocycles. The zero-order chi connectivity index (χ0) is 24.6. The second-order valence-electron chi connectivity index (χ2n) is 9.31. The minimum Gasteiger partial charge on any atom is -0.366 e. The van der Waals surface area contributed by atoms with Crippen LogP contribution in [0, 0.1) is 0 Å². The van der Waals surface area contributed by atoms with Crippen molar-refractivity contribution in [1.82, 2.24) is 4.90 Å². The number of nitrogens with one attached hydrogen (secondary N) is 1. The van der Waals surface area contributed by atoms with Gasteiger partial charge in [0.2, 0.25) is 5.91 Å². The summed E-state index contributed by atoms with van der Waals surface area (Å²) in [6, 6.07) is 12.9. The van der Waals surface area contributed by atoms with Gasteiger partial charge in [-0.2, -0.15) is 0 Å². The highest BCUT2D eigenvalue weighted by molar-refractivity contribution is 8.18. The molecule has 6 nitrogen and oxygen atoms in total. The van der Waals surface area contributed by atoms with E-state index in [4.69, 9.17) is 11.6 Å². The number of thioether (sulfide) groups is 1. The molecule has 1 fully saturated rings. The van der Waals surface area contributed by atoms with Crippen LogP contribution in [0.2, 0.25) is 5.02 Å². The van der Waals surface area contributed by atoms with Gasteiger partial charge in [0.05, 0.1) is 4.91 Å². The van der Waals surface area contributed by atoms with Crippen LogP contribution < -0.4 is 10.2 Å². The molecule has 4 rings (SSSR count). The maximum Gasteiger partial charge on any atom is 0.294 e. The Balaban J connectivity index is 1.51. The Bertz CT molecular complexity index is 1190. The molecule has 8 heteroatoms. The summed E-state index contributed by atoms with van der Waals surface area (Å²) in [4.78, 5) is 41.5. The quantitative estimate of drug-likeness (QED) is 0.503. The number of imide groups is 1. The van der Waals surface area contributed by atoms with Crippen molar-refractivity contribution in [3.05, 3.63) is 63.5 Å². The fourth-order valence-corrected chi connectivity index (χ4v) is 5.92. The summed E-state index contributed by atoms with van der Waals surface area (Å²) in [5, 5.41) is 2.70. The van der Waals surface area contributed by atoms with Crippen LogP contribution in [0.15, 0.2) is 47.4 Å². The van der Waals surface area contributed by atoms with Crippen molar-refractivity contribution in [2.75, 3.05) is 23.3 Å². The monoisotopic (exact) mass is 497 g/mol. The predicted octanol–water partition coefficient (Wildman–Crippen LogP) is 6.13. The number of hydrogen-bond acceptors (Lipinski definition) is 5. The number of carbonyl (C=O) groups excluding carboxylic acids is 3. The van der Waals surface area contributed by atoms with Gasteiger partial charge in [-0.05, 0) is 92.4 Å². The van der Waals surface area contributed by atoms with E-state index in [2.05, 4.69) is 50.0 Å². The van der Waals surface area contributed by atoms with Crippen molar-refractivity contribution in [3.8, 4) is 0 Å². The second-order valence-corrected chi connectivity index (χ2v) is 10.7. The number of benzene rings is 2. The van der Waals surface area contributed by atoms with E-state index in [0.29, 0.717) is 21.5 Å². The lowest BCUT2D eigenvalue weighted by Gasteiger charge is -2.47. The number of amides is 3. The first kappa shape index (κ1) is 24.4. The number of rotatable bonds is 5. The number of fused-ring (bicyclic) bond motifs is 1.